The highest BCUT2D eigenvalue weighted by molar-refractivity contribution is 7.98. The second-order valence-electron chi connectivity index (χ2n) is 9.66. The highest BCUT2D eigenvalue weighted by atomic mass is 32.2. The Morgan fingerprint density at radius 3 is 2.27 bits per heavy atom. The molecule has 0 spiro atoms. The summed E-state index contributed by atoms with van der Waals surface area (Å²) in [6.07, 6.45) is 0. The summed E-state index contributed by atoms with van der Waals surface area (Å²) in [5.74, 6) is 1.57. The van der Waals surface area contributed by atoms with Crippen molar-refractivity contribution in [2.45, 2.75) is 17.8 Å². The van der Waals surface area contributed by atoms with E-state index in [0.717, 1.165) is 85.9 Å². The van der Waals surface area contributed by atoms with Gasteiger partial charge in [-0.25, -0.2) is 14.4 Å². The number of aromatic nitrogens is 2. The van der Waals surface area contributed by atoms with Crippen LogP contribution in [0.5, 0.6) is 0 Å². The average molecular weight is 521 g/mol. The normalized spacial score (nSPS) is 16.8. The summed E-state index contributed by atoms with van der Waals surface area (Å²) in [6.45, 7) is 8.41. The number of benzene rings is 2. The predicted molar refractivity (Wildman–Crippen MR) is 147 cm³/mol. The Bertz CT molecular complexity index is 1220. The average Bonchev–Trinajstić information content (AvgIpc) is 2.92. The van der Waals surface area contributed by atoms with Gasteiger partial charge >= 0.3 is 0 Å². The smallest absolute Gasteiger partial charge is 0.253 e. The first-order valence-electron chi connectivity index (χ1n) is 12.8. The van der Waals surface area contributed by atoms with E-state index in [-0.39, 0.29) is 11.7 Å². The number of aryl methyl sites for hydroxylation is 1. The largest absolute Gasteiger partial charge is 0.366 e. The number of hydrogen-bond donors (Lipinski definition) is 0. The third kappa shape index (κ3) is 6.22. The fraction of sp³-hybridized carbons (Fsp3) is 0.393. The van der Waals surface area contributed by atoms with E-state index >= 15 is 0 Å². The van der Waals surface area contributed by atoms with Crippen molar-refractivity contribution in [1.29, 1.82) is 0 Å². The van der Waals surface area contributed by atoms with Gasteiger partial charge in [-0.15, -0.1) is 0 Å². The molecule has 37 heavy (non-hydrogen) atoms. The van der Waals surface area contributed by atoms with E-state index < -0.39 is 0 Å². The predicted octanol–water partition coefficient (Wildman–Crippen LogP) is 3.93. The van der Waals surface area contributed by atoms with Crippen molar-refractivity contribution in [2.24, 2.45) is 0 Å². The molecule has 3 aromatic rings. The quantitative estimate of drug-likeness (QED) is 0.361. The minimum atomic E-state index is -0.177. The Balaban J connectivity index is 1.17. The van der Waals surface area contributed by atoms with Crippen molar-refractivity contribution in [3.63, 3.8) is 0 Å². The van der Waals surface area contributed by atoms with Gasteiger partial charge in [-0.3, -0.25) is 4.79 Å². The van der Waals surface area contributed by atoms with Gasteiger partial charge in [0, 0.05) is 75.4 Å². The van der Waals surface area contributed by atoms with Crippen molar-refractivity contribution < 1.29 is 9.18 Å². The number of rotatable bonds is 6. The van der Waals surface area contributed by atoms with E-state index in [1.807, 2.05) is 54.3 Å². The van der Waals surface area contributed by atoms with E-state index in [2.05, 4.69) is 26.7 Å². The molecule has 194 valence electrons. The molecular formula is C28H33FN6OS. The first-order valence-corrected chi connectivity index (χ1v) is 13.7. The van der Waals surface area contributed by atoms with Crippen molar-refractivity contribution in [3.8, 4) is 0 Å². The Morgan fingerprint density at radius 2 is 1.57 bits per heavy atom. The van der Waals surface area contributed by atoms with Crippen molar-refractivity contribution in [3.05, 3.63) is 77.2 Å². The van der Waals surface area contributed by atoms with Crippen molar-refractivity contribution in [1.82, 2.24) is 19.8 Å². The van der Waals surface area contributed by atoms with Crippen LogP contribution >= 0.6 is 11.8 Å². The molecule has 1 aromatic heterocycles. The first kappa shape index (κ1) is 25.5. The van der Waals surface area contributed by atoms with Crippen LogP contribution in [-0.2, 0) is 5.75 Å². The van der Waals surface area contributed by atoms with Crippen LogP contribution in [0.4, 0.5) is 15.9 Å². The van der Waals surface area contributed by atoms with Gasteiger partial charge in [0.25, 0.3) is 5.91 Å². The molecule has 9 heteroatoms. The van der Waals surface area contributed by atoms with Crippen molar-refractivity contribution in [2.75, 3.05) is 69.2 Å². The Kier molecular flexibility index (Phi) is 7.90. The summed E-state index contributed by atoms with van der Waals surface area (Å²) in [6, 6.07) is 16.9. The number of hydrogen-bond acceptors (Lipinski definition) is 7. The number of nitrogens with zero attached hydrogens (tertiary/aromatic N) is 6. The highest BCUT2D eigenvalue weighted by Gasteiger charge is 2.22. The summed E-state index contributed by atoms with van der Waals surface area (Å²) < 4.78 is 14.2. The highest BCUT2D eigenvalue weighted by Crippen LogP contribution is 2.26. The maximum Gasteiger partial charge on any atom is 0.253 e. The zero-order valence-electron chi connectivity index (χ0n) is 21.4. The second-order valence-corrected chi connectivity index (χ2v) is 10.6. The van der Waals surface area contributed by atoms with Gasteiger partial charge in [-0.1, -0.05) is 36.0 Å². The SMILES string of the molecule is Cc1cc(N2CCN(c3ccccc3F)CC2)nc(SCc2ccc(C(=O)N3CCN(C)CC3)cc2)n1. The summed E-state index contributed by atoms with van der Waals surface area (Å²) in [4.78, 5) is 30.8. The lowest BCUT2D eigenvalue weighted by Gasteiger charge is -2.37. The third-order valence-corrected chi connectivity index (χ3v) is 7.89. The van der Waals surface area contributed by atoms with Gasteiger partial charge in [0.1, 0.15) is 11.6 Å². The topological polar surface area (TPSA) is 55.8 Å². The molecule has 2 saturated heterocycles. The van der Waals surface area contributed by atoms with Gasteiger partial charge in [0.15, 0.2) is 5.16 Å². The maximum absolute atomic E-state index is 14.2. The minimum absolute atomic E-state index is 0.106. The van der Waals surface area contributed by atoms with E-state index in [1.54, 1.807) is 17.8 Å². The summed E-state index contributed by atoms with van der Waals surface area (Å²) in [7, 11) is 2.09. The number of thioether (sulfide) groups is 1. The zero-order valence-corrected chi connectivity index (χ0v) is 22.3. The van der Waals surface area contributed by atoms with Gasteiger partial charge < -0.3 is 19.6 Å². The Morgan fingerprint density at radius 1 is 0.892 bits per heavy atom. The van der Waals surface area contributed by atoms with E-state index in [9.17, 15) is 9.18 Å². The molecule has 3 heterocycles. The number of carbonyl (C=O) groups is 1. The van der Waals surface area contributed by atoms with E-state index in [4.69, 9.17) is 4.98 Å². The lowest BCUT2D eigenvalue weighted by atomic mass is 10.1. The molecule has 5 rings (SSSR count). The molecule has 0 radical (unpaired) electrons. The number of piperazine rings is 2. The minimum Gasteiger partial charge on any atom is -0.366 e. The van der Waals surface area contributed by atoms with Gasteiger partial charge in [-0.05, 0) is 43.8 Å². The summed E-state index contributed by atoms with van der Waals surface area (Å²) in [5.41, 5.74) is 3.46. The van der Waals surface area contributed by atoms with Crippen LogP contribution in [0.25, 0.3) is 0 Å². The number of carbonyl (C=O) groups excluding carboxylic acids is 1. The third-order valence-electron chi connectivity index (χ3n) is 6.98. The molecule has 0 N–H and O–H groups in total. The number of amides is 1. The number of likely N-dealkylation sites (N-methyl/N-ethyl adjacent to an activating group) is 1. The van der Waals surface area contributed by atoms with E-state index in [0.29, 0.717) is 5.69 Å². The van der Waals surface area contributed by atoms with Gasteiger partial charge in [0.05, 0.1) is 5.69 Å². The molecule has 2 aromatic carbocycles. The molecular weight excluding hydrogens is 487 g/mol. The molecule has 2 fully saturated rings. The van der Waals surface area contributed by atoms with E-state index in [1.165, 1.54) is 6.07 Å². The molecule has 0 aliphatic carbocycles. The molecule has 7 nitrogen and oxygen atoms in total. The Labute approximate surface area is 222 Å². The number of anilines is 2. The molecule has 0 atom stereocenters. The van der Waals surface area contributed by atoms with Crippen LogP contribution in [0.15, 0.2) is 59.8 Å². The Hall–Kier alpha value is -3.17. The second kappa shape index (κ2) is 11.5. The van der Waals surface area contributed by atoms with Crippen LogP contribution in [0.3, 0.4) is 0 Å². The molecule has 0 unspecified atom stereocenters. The molecule has 1 amide bonds. The summed E-state index contributed by atoms with van der Waals surface area (Å²) >= 11 is 1.60. The van der Waals surface area contributed by atoms with Gasteiger partial charge in [0.2, 0.25) is 0 Å². The fourth-order valence-electron chi connectivity index (χ4n) is 4.72. The molecule has 0 saturated carbocycles. The standard InChI is InChI=1S/C28H33FN6OS/c1-21-19-26(34-17-15-33(16-18-34)25-6-4-3-5-24(25)29)31-28(30-21)37-20-22-7-9-23(10-8-22)27(36)35-13-11-32(2)12-14-35/h3-10,19H,11-18,20H2,1-2H3. The van der Waals surface area contributed by atoms with Crippen LogP contribution in [0.1, 0.15) is 21.6 Å². The van der Waals surface area contributed by atoms with Crippen LogP contribution in [0.2, 0.25) is 0 Å². The molecule has 2 aliphatic rings. The lowest BCUT2D eigenvalue weighted by molar-refractivity contribution is 0.0664. The van der Waals surface area contributed by atoms with Crippen molar-refractivity contribution >= 4 is 29.2 Å². The number of para-hydroxylation sites is 1. The van der Waals surface area contributed by atoms with Crippen LogP contribution in [-0.4, -0.2) is 85.1 Å². The summed E-state index contributed by atoms with van der Waals surface area (Å²) in [5, 5.41) is 0.740. The molecule has 2 aliphatic heterocycles. The fourth-order valence-corrected chi connectivity index (χ4v) is 5.57. The molecule has 0 bridgehead atoms. The maximum atomic E-state index is 14.2. The zero-order chi connectivity index (χ0) is 25.8. The monoisotopic (exact) mass is 520 g/mol. The van der Waals surface area contributed by atoms with Crippen LogP contribution < -0.4 is 9.80 Å². The van der Waals surface area contributed by atoms with Crippen LogP contribution in [0, 0.1) is 12.7 Å². The number of halogens is 1. The van der Waals surface area contributed by atoms with Gasteiger partial charge in [-0.2, -0.15) is 0 Å². The first-order chi connectivity index (χ1) is 18.0. The lowest BCUT2D eigenvalue weighted by Crippen LogP contribution is -2.47.